The van der Waals surface area contributed by atoms with E-state index in [-0.39, 0.29) is 11.9 Å². The summed E-state index contributed by atoms with van der Waals surface area (Å²) in [5.41, 5.74) is 0.329. The molecule has 4 aliphatic carbocycles. The molecule has 7 heteroatoms. The number of nitrogens with one attached hydrogen (secondary N) is 2. The Balaban J connectivity index is 1.27. The predicted octanol–water partition coefficient (Wildman–Crippen LogP) is 6.42. The van der Waals surface area contributed by atoms with Crippen molar-refractivity contribution < 1.29 is 4.79 Å². The molecule has 1 heterocycles. The van der Waals surface area contributed by atoms with Crippen molar-refractivity contribution in [3.63, 3.8) is 0 Å². The van der Waals surface area contributed by atoms with Crippen LogP contribution in [0, 0.1) is 23.2 Å². The van der Waals surface area contributed by atoms with Crippen LogP contribution in [0.5, 0.6) is 0 Å². The molecular weight excluding hydrogens is 443 g/mol. The molecule has 3 nitrogen and oxygen atoms in total. The Hall–Kier alpha value is -0.880. The third-order valence-corrected chi connectivity index (χ3v) is 9.49. The highest BCUT2D eigenvalue weighted by molar-refractivity contribution is 7.80. The van der Waals surface area contributed by atoms with Crippen molar-refractivity contribution in [2.24, 2.45) is 23.2 Å². The summed E-state index contributed by atoms with van der Waals surface area (Å²) < 4.78 is 0.897. The van der Waals surface area contributed by atoms with Crippen LogP contribution in [0.15, 0.2) is 18.2 Å². The Labute approximate surface area is 190 Å². The van der Waals surface area contributed by atoms with Gasteiger partial charge < -0.3 is 5.32 Å². The van der Waals surface area contributed by atoms with Gasteiger partial charge in [0.15, 0.2) is 5.11 Å². The minimum Gasteiger partial charge on any atom is -0.359 e. The van der Waals surface area contributed by atoms with Gasteiger partial charge in [0.25, 0.3) is 5.91 Å². The lowest BCUT2D eigenvalue weighted by Crippen LogP contribution is -2.57. The summed E-state index contributed by atoms with van der Waals surface area (Å²) in [5.74, 6) is 2.40. The van der Waals surface area contributed by atoms with E-state index in [0.29, 0.717) is 25.4 Å². The number of benzene rings is 1. The third kappa shape index (κ3) is 3.58. The minimum atomic E-state index is -0.262. The zero-order chi connectivity index (χ0) is 20.3. The molecule has 1 aromatic carbocycles. The van der Waals surface area contributed by atoms with E-state index >= 15 is 0 Å². The van der Waals surface area contributed by atoms with E-state index in [2.05, 4.69) is 17.6 Å². The van der Waals surface area contributed by atoms with Crippen LogP contribution in [0.2, 0.25) is 10.0 Å². The first kappa shape index (κ1) is 20.0. The van der Waals surface area contributed by atoms with Crippen LogP contribution >= 0.6 is 46.8 Å². The number of carbonyl (C=O) groups excluding carboxylic acids is 1. The topological polar surface area (TPSA) is 41.1 Å². The van der Waals surface area contributed by atoms with Crippen LogP contribution in [0.25, 0.3) is 10.1 Å². The van der Waals surface area contributed by atoms with Gasteiger partial charge in [0.2, 0.25) is 0 Å². The molecule has 2 N–H and O–H groups in total. The first-order valence-corrected chi connectivity index (χ1v) is 12.3. The lowest BCUT2D eigenvalue weighted by molar-refractivity contribution is -0.0672. The standard InChI is InChI=1S/C22H24Cl2N2OS2/c1-11(22-8-12-4-13(9-22)6-14(5-12)10-22)25-21(28)26-20(27)19-18(24)16-3-2-15(23)7-17(16)29-19/h2-3,7,11-14H,4-6,8-10H2,1H3,(H2,25,26,27,28)/t11-,12?,13?,14?,22?/m0/s1. The lowest BCUT2D eigenvalue weighted by Gasteiger charge is -2.59. The molecule has 4 aliphatic rings. The second-order valence-corrected chi connectivity index (χ2v) is 11.6. The van der Waals surface area contributed by atoms with Gasteiger partial charge in [-0.2, -0.15) is 0 Å². The monoisotopic (exact) mass is 466 g/mol. The number of thiophene rings is 1. The van der Waals surface area contributed by atoms with Gasteiger partial charge in [-0.25, -0.2) is 0 Å². The normalized spacial score (nSPS) is 31.1. The molecule has 0 aliphatic heterocycles. The third-order valence-electron chi connectivity index (χ3n) is 7.38. The van der Waals surface area contributed by atoms with Crippen LogP contribution < -0.4 is 10.6 Å². The van der Waals surface area contributed by atoms with Crippen LogP contribution in [0.1, 0.15) is 55.1 Å². The predicted molar refractivity (Wildman–Crippen MR) is 125 cm³/mol. The number of thiocarbonyl (C=S) groups is 1. The lowest BCUT2D eigenvalue weighted by atomic mass is 9.48. The van der Waals surface area contributed by atoms with Crippen LogP contribution in [-0.2, 0) is 0 Å². The molecule has 1 aromatic heterocycles. The van der Waals surface area contributed by atoms with Gasteiger partial charge in [-0.3, -0.25) is 10.1 Å². The van der Waals surface area contributed by atoms with Gasteiger partial charge in [-0.1, -0.05) is 29.3 Å². The highest BCUT2D eigenvalue weighted by Gasteiger charge is 2.53. The van der Waals surface area contributed by atoms with Crippen molar-refractivity contribution in [1.82, 2.24) is 10.6 Å². The molecule has 0 unspecified atom stereocenters. The van der Waals surface area contributed by atoms with Crippen molar-refractivity contribution in [1.29, 1.82) is 0 Å². The smallest absolute Gasteiger partial charge is 0.269 e. The van der Waals surface area contributed by atoms with E-state index in [4.69, 9.17) is 35.4 Å². The molecule has 6 rings (SSSR count). The second-order valence-electron chi connectivity index (χ2n) is 9.31. The summed E-state index contributed by atoms with van der Waals surface area (Å²) in [5, 5.41) is 8.61. The summed E-state index contributed by atoms with van der Waals surface area (Å²) in [6.45, 7) is 2.24. The maximum Gasteiger partial charge on any atom is 0.269 e. The molecule has 1 atom stereocenters. The summed E-state index contributed by atoms with van der Waals surface area (Å²) in [6, 6.07) is 5.72. The summed E-state index contributed by atoms with van der Waals surface area (Å²) in [6.07, 6.45) is 8.15. The fourth-order valence-electron chi connectivity index (χ4n) is 6.44. The fraction of sp³-hybridized carbons (Fsp3) is 0.545. The van der Waals surface area contributed by atoms with Crippen molar-refractivity contribution in [2.45, 2.75) is 51.5 Å². The van der Waals surface area contributed by atoms with E-state index in [1.165, 1.54) is 49.9 Å². The Bertz CT molecular complexity index is 967. The number of hydrogen-bond acceptors (Lipinski definition) is 3. The molecule has 0 spiro atoms. The number of carbonyl (C=O) groups is 1. The van der Waals surface area contributed by atoms with Crippen LogP contribution in [0.3, 0.4) is 0 Å². The zero-order valence-corrected chi connectivity index (χ0v) is 19.4. The summed E-state index contributed by atoms with van der Waals surface area (Å²) in [4.78, 5) is 13.3. The van der Waals surface area contributed by atoms with E-state index in [1.54, 1.807) is 6.07 Å². The molecule has 4 fully saturated rings. The van der Waals surface area contributed by atoms with E-state index in [0.717, 1.165) is 27.8 Å². The zero-order valence-electron chi connectivity index (χ0n) is 16.3. The Morgan fingerprint density at radius 2 is 1.79 bits per heavy atom. The molecule has 4 bridgehead atoms. The number of rotatable bonds is 3. The SMILES string of the molecule is C[C@H](NC(=S)NC(=O)c1sc2cc(Cl)ccc2c1Cl)C12CC3CC(CC(C3)C1)C2. The maximum absolute atomic E-state index is 12.8. The van der Waals surface area contributed by atoms with Gasteiger partial charge in [0.1, 0.15) is 4.88 Å². The van der Waals surface area contributed by atoms with E-state index < -0.39 is 0 Å². The highest BCUT2D eigenvalue weighted by Crippen LogP contribution is 2.61. The number of halogens is 2. The molecule has 4 saturated carbocycles. The molecular formula is C22H24Cl2N2OS2. The van der Waals surface area contributed by atoms with Gasteiger partial charge in [0.05, 0.1) is 5.02 Å². The van der Waals surface area contributed by atoms with E-state index in [1.807, 2.05) is 12.1 Å². The first-order valence-electron chi connectivity index (χ1n) is 10.3. The largest absolute Gasteiger partial charge is 0.359 e. The minimum absolute atomic E-state index is 0.262. The van der Waals surface area contributed by atoms with Crippen molar-refractivity contribution in [3.05, 3.63) is 33.1 Å². The van der Waals surface area contributed by atoms with Crippen molar-refractivity contribution in [3.8, 4) is 0 Å². The molecule has 1 amide bonds. The van der Waals surface area contributed by atoms with Crippen molar-refractivity contribution in [2.75, 3.05) is 0 Å². The molecule has 154 valence electrons. The van der Waals surface area contributed by atoms with Gasteiger partial charge in [-0.05, 0) is 93.0 Å². The Morgan fingerprint density at radius 1 is 1.17 bits per heavy atom. The van der Waals surface area contributed by atoms with Gasteiger partial charge in [-0.15, -0.1) is 11.3 Å². The second kappa shape index (κ2) is 7.37. The quantitative estimate of drug-likeness (QED) is 0.512. The van der Waals surface area contributed by atoms with E-state index in [9.17, 15) is 4.79 Å². The molecule has 0 radical (unpaired) electrons. The Morgan fingerprint density at radius 3 is 2.41 bits per heavy atom. The van der Waals surface area contributed by atoms with Gasteiger partial charge in [0, 0.05) is 21.2 Å². The Kier molecular flexibility index (Phi) is 5.09. The van der Waals surface area contributed by atoms with Gasteiger partial charge >= 0.3 is 0 Å². The average molecular weight is 467 g/mol. The summed E-state index contributed by atoms with van der Waals surface area (Å²) >= 11 is 19.4. The highest BCUT2D eigenvalue weighted by atomic mass is 35.5. The number of fused-ring (bicyclic) bond motifs is 1. The molecule has 0 saturated heterocycles. The number of hydrogen-bond donors (Lipinski definition) is 2. The average Bonchev–Trinajstić information content (AvgIpc) is 2.96. The number of amides is 1. The van der Waals surface area contributed by atoms with Crippen LogP contribution in [-0.4, -0.2) is 17.1 Å². The fourth-order valence-corrected chi connectivity index (χ4v) is 8.40. The molecule has 2 aromatic rings. The summed E-state index contributed by atoms with van der Waals surface area (Å²) in [7, 11) is 0. The van der Waals surface area contributed by atoms with Crippen molar-refractivity contribution >= 4 is 67.9 Å². The maximum atomic E-state index is 12.8. The first-order chi connectivity index (χ1) is 13.8. The van der Waals surface area contributed by atoms with Crippen LogP contribution in [0.4, 0.5) is 0 Å². The molecule has 29 heavy (non-hydrogen) atoms.